The van der Waals surface area contributed by atoms with Gasteiger partial charge in [-0.3, -0.25) is 4.79 Å². The molecule has 2 aromatic heterocycles. The molecular weight excluding hydrogens is 477 g/mol. The Morgan fingerprint density at radius 2 is 1.67 bits per heavy atom. The second-order valence-corrected chi connectivity index (χ2v) is 7.49. The number of pyridine rings is 1. The second-order valence-electron chi connectivity index (χ2n) is 7.49. The summed E-state index contributed by atoms with van der Waals surface area (Å²) in [6, 6.07) is 21.0. The normalized spacial score (nSPS) is 11.2. The molecule has 0 spiro atoms. The molecule has 0 bridgehead atoms. The van der Waals surface area contributed by atoms with Crippen molar-refractivity contribution in [2.45, 2.75) is 12.6 Å². The van der Waals surface area contributed by atoms with Gasteiger partial charge in [-0.2, -0.15) is 18.2 Å². The summed E-state index contributed by atoms with van der Waals surface area (Å²) in [5.41, 5.74) is 1.70. The number of rotatable bonds is 10. The van der Waals surface area contributed by atoms with Crippen molar-refractivity contribution in [3.05, 3.63) is 89.9 Å². The van der Waals surface area contributed by atoms with Crippen LogP contribution in [0.25, 0.3) is 11.4 Å². The average molecular weight is 498 g/mol. The molecule has 0 fully saturated rings. The van der Waals surface area contributed by atoms with Crippen molar-refractivity contribution in [3.63, 3.8) is 0 Å². The number of hydrogen-bond acceptors (Lipinski definition) is 7. The first-order chi connectivity index (χ1) is 17.4. The topological polar surface area (TPSA) is 99.4 Å². The standard InChI is InChI=1S/C25H21F3N4O4/c26-25(27,28)24-31-22(32-36-24)18-9-11-19(12-10-18)34-16-14-29-23(33)20-7-4-8-21(30-20)35-15-13-17-5-2-1-3-6-17/h1-12H,13-16H2,(H,29,33). The van der Waals surface area contributed by atoms with Gasteiger partial charge in [0.05, 0.1) is 13.2 Å². The molecule has 4 aromatic rings. The van der Waals surface area contributed by atoms with E-state index in [9.17, 15) is 18.0 Å². The highest BCUT2D eigenvalue weighted by Gasteiger charge is 2.38. The first kappa shape index (κ1) is 24.7. The first-order valence-electron chi connectivity index (χ1n) is 10.9. The van der Waals surface area contributed by atoms with Gasteiger partial charge in [0.2, 0.25) is 11.7 Å². The SMILES string of the molecule is O=C(NCCOc1ccc(-c2noc(C(F)(F)F)n2)cc1)c1cccc(OCCc2ccccc2)n1. The van der Waals surface area contributed by atoms with Gasteiger partial charge in [-0.05, 0) is 35.9 Å². The third-order valence-corrected chi connectivity index (χ3v) is 4.88. The molecule has 0 radical (unpaired) electrons. The zero-order chi connectivity index (χ0) is 25.4. The van der Waals surface area contributed by atoms with E-state index in [1.165, 1.54) is 12.1 Å². The van der Waals surface area contributed by atoms with Gasteiger partial charge in [-0.15, -0.1) is 0 Å². The number of benzene rings is 2. The summed E-state index contributed by atoms with van der Waals surface area (Å²) < 4.78 is 53.2. The number of carbonyl (C=O) groups excluding carboxylic acids is 1. The molecule has 0 aliphatic rings. The molecule has 1 N–H and O–H groups in total. The fourth-order valence-electron chi connectivity index (χ4n) is 3.12. The van der Waals surface area contributed by atoms with Gasteiger partial charge in [0.15, 0.2) is 0 Å². The molecule has 36 heavy (non-hydrogen) atoms. The van der Waals surface area contributed by atoms with Crippen LogP contribution in [-0.4, -0.2) is 40.8 Å². The van der Waals surface area contributed by atoms with E-state index in [4.69, 9.17) is 9.47 Å². The highest BCUT2D eigenvalue weighted by molar-refractivity contribution is 5.92. The molecule has 8 nitrogen and oxygen atoms in total. The third kappa shape index (κ3) is 6.81. The largest absolute Gasteiger partial charge is 0.492 e. The molecule has 0 aliphatic heterocycles. The van der Waals surface area contributed by atoms with Crippen LogP contribution >= 0.6 is 0 Å². The zero-order valence-electron chi connectivity index (χ0n) is 18.9. The van der Waals surface area contributed by atoms with Crippen LogP contribution in [-0.2, 0) is 12.6 Å². The molecule has 0 atom stereocenters. The number of nitrogens with zero attached hydrogens (tertiary/aromatic N) is 3. The van der Waals surface area contributed by atoms with E-state index in [1.54, 1.807) is 30.3 Å². The van der Waals surface area contributed by atoms with E-state index < -0.39 is 12.1 Å². The Hall–Kier alpha value is -4.41. The summed E-state index contributed by atoms with van der Waals surface area (Å²) in [6.45, 7) is 0.810. The molecule has 1 amide bonds. The molecule has 186 valence electrons. The van der Waals surface area contributed by atoms with Crippen LogP contribution in [0.5, 0.6) is 11.6 Å². The lowest BCUT2D eigenvalue weighted by Crippen LogP contribution is -2.28. The fourth-order valence-corrected chi connectivity index (χ4v) is 3.12. The summed E-state index contributed by atoms with van der Waals surface area (Å²) >= 11 is 0. The summed E-state index contributed by atoms with van der Waals surface area (Å²) in [7, 11) is 0. The van der Waals surface area contributed by atoms with Crippen LogP contribution in [0.2, 0.25) is 0 Å². The van der Waals surface area contributed by atoms with Crippen molar-refractivity contribution >= 4 is 5.91 Å². The van der Waals surface area contributed by atoms with Gasteiger partial charge in [0.1, 0.15) is 18.1 Å². The predicted molar refractivity (Wildman–Crippen MR) is 122 cm³/mol. The molecular formula is C25H21F3N4O4. The van der Waals surface area contributed by atoms with E-state index in [1.807, 2.05) is 30.3 Å². The molecule has 0 unspecified atom stereocenters. The Bertz CT molecular complexity index is 1280. The van der Waals surface area contributed by atoms with Gasteiger partial charge >= 0.3 is 12.1 Å². The number of amides is 1. The van der Waals surface area contributed by atoms with Crippen LogP contribution in [0.15, 0.2) is 77.3 Å². The maximum atomic E-state index is 12.6. The molecule has 0 saturated carbocycles. The van der Waals surface area contributed by atoms with Crippen molar-refractivity contribution < 1.29 is 32.0 Å². The van der Waals surface area contributed by atoms with E-state index >= 15 is 0 Å². The molecule has 2 aromatic carbocycles. The van der Waals surface area contributed by atoms with E-state index in [2.05, 4.69) is 25.0 Å². The van der Waals surface area contributed by atoms with Crippen LogP contribution in [0.4, 0.5) is 13.2 Å². The number of alkyl halides is 3. The maximum Gasteiger partial charge on any atom is 0.471 e. The highest BCUT2D eigenvalue weighted by Crippen LogP contribution is 2.29. The summed E-state index contributed by atoms with van der Waals surface area (Å²) in [5, 5.41) is 6.04. The van der Waals surface area contributed by atoms with Crippen molar-refractivity contribution in [2.24, 2.45) is 0 Å². The van der Waals surface area contributed by atoms with Gasteiger partial charge in [0.25, 0.3) is 5.91 Å². The number of hydrogen-bond donors (Lipinski definition) is 1. The van der Waals surface area contributed by atoms with E-state index in [0.717, 1.165) is 12.0 Å². The minimum Gasteiger partial charge on any atom is -0.492 e. The van der Waals surface area contributed by atoms with Gasteiger partial charge in [-0.25, -0.2) is 4.98 Å². The van der Waals surface area contributed by atoms with Crippen molar-refractivity contribution in [1.82, 2.24) is 20.4 Å². The van der Waals surface area contributed by atoms with E-state index in [-0.39, 0.29) is 30.6 Å². The van der Waals surface area contributed by atoms with Gasteiger partial charge < -0.3 is 19.3 Å². The number of halogens is 3. The van der Waals surface area contributed by atoms with Crippen molar-refractivity contribution in [3.8, 4) is 23.0 Å². The smallest absolute Gasteiger partial charge is 0.471 e. The van der Waals surface area contributed by atoms with Crippen LogP contribution in [0.3, 0.4) is 0 Å². The molecule has 4 rings (SSSR count). The molecule has 11 heteroatoms. The predicted octanol–water partition coefficient (Wildman–Crippen LogP) is 4.58. The second kappa shape index (κ2) is 11.3. The number of ether oxygens (including phenoxy) is 2. The quantitative estimate of drug-likeness (QED) is 0.320. The Labute approximate surface area is 204 Å². The summed E-state index contributed by atoms with van der Waals surface area (Å²) in [6.07, 6.45) is -3.98. The first-order valence-corrected chi connectivity index (χ1v) is 10.9. The average Bonchev–Trinajstić information content (AvgIpc) is 3.39. The lowest BCUT2D eigenvalue weighted by atomic mass is 10.2. The lowest BCUT2D eigenvalue weighted by molar-refractivity contribution is -0.159. The van der Waals surface area contributed by atoms with Crippen LogP contribution < -0.4 is 14.8 Å². The van der Waals surface area contributed by atoms with Crippen LogP contribution in [0, 0.1) is 0 Å². The molecule has 0 saturated heterocycles. The summed E-state index contributed by atoms with van der Waals surface area (Å²) in [4.78, 5) is 20.0. The maximum absolute atomic E-state index is 12.6. The van der Waals surface area contributed by atoms with Gasteiger partial charge in [0, 0.05) is 18.1 Å². The fraction of sp³-hybridized carbons (Fsp3) is 0.200. The monoisotopic (exact) mass is 498 g/mol. The highest BCUT2D eigenvalue weighted by atomic mass is 19.4. The number of aromatic nitrogens is 3. The Balaban J connectivity index is 1.21. The zero-order valence-corrected chi connectivity index (χ0v) is 18.9. The van der Waals surface area contributed by atoms with Gasteiger partial charge in [-0.1, -0.05) is 41.6 Å². The Morgan fingerprint density at radius 1 is 0.889 bits per heavy atom. The van der Waals surface area contributed by atoms with Crippen molar-refractivity contribution in [1.29, 1.82) is 0 Å². The summed E-state index contributed by atoms with van der Waals surface area (Å²) in [5.74, 6) is -1.15. The lowest BCUT2D eigenvalue weighted by Gasteiger charge is -2.09. The van der Waals surface area contributed by atoms with E-state index in [0.29, 0.717) is 23.8 Å². The third-order valence-electron chi connectivity index (χ3n) is 4.88. The number of carbonyl (C=O) groups is 1. The minimum atomic E-state index is -4.70. The molecule has 2 heterocycles. The van der Waals surface area contributed by atoms with Crippen LogP contribution in [0.1, 0.15) is 21.9 Å². The number of nitrogens with one attached hydrogen (secondary N) is 1. The minimum absolute atomic E-state index is 0.165. The van der Waals surface area contributed by atoms with Crippen molar-refractivity contribution in [2.75, 3.05) is 19.8 Å². The Kier molecular flexibility index (Phi) is 7.79. The Morgan fingerprint density at radius 3 is 2.39 bits per heavy atom. The molecule has 0 aliphatic carbocycles.